The molecule has 0 fully saturated rings. The summed E-state index contributed by atoms with van der Waals surface area (Å²) in [6.07, 6.45) is 6.17. The van der Waals surface area contributed by atoms with Crippen molar-refractivity contribution in [3.8, 4) is 0 Å². The average Bonchev–Trinajstić information content (AvgIpc) is 2.26. The summed E-state index contributed by atoms with van der Waals surface area (Å²) in [7, 11) is 0. The number of carbonyl (C=O) groups is 1. The third-order valence-corrected chi connectivity index (χ3v) is 2.84. The van der Waals surface area contributed by atoms with E-state index in [9.17, 15) is 4.79 Å². The lowest BCUT2D eigenvalue weighted by atomic mass is 9.97. The fraction of sp³-hybridized carbons (Fsp3) is 0.923. The third kappa shape index (κ3) is 6.83. The number of hydrogen-bond donors (Lipinski definition) is 2. The van der Waals surface area contributed by atoms with Crippen LogP contribution in [0.15, 0.2) is 0 Å². The van der Waals surface area contributed by atoms with Crippen LogP contribution in [0.1, 0.15) is 59.3 Å². The van der Waals surface area contributed by atoms with E-state index in [-0.39, 0.29) is 17.9 Å². The van der Waals surface area contributed by atoms with Gasteiger partial charge in [0.15, 0.2) is 0 Å². The molecule has 3 N–H and O–H groups in total. The van der Waals surface area contributed by atoms with Crippen molar-refractivity contribution in [3.05, 3.63) is 0 Å². The van der Waals surface area contributed by atoms with Gasteiger partial charge in [-0.15, -0.1) is 0 Å². The standard InChI is InChI=1S/C13H28N2O/c1-4-7-11(8-5-2)13(16)15-10-12(14)9-6-3/h11-12H,4-10,14H2,1-3H3,(H,15,16). The Hall–Kier alpha value is -0.570. The van der Waals surface area contributed by atoms with Gasteiger partial charge in [0.05, 0.1) is 0 Å². The predicted molar refractivity (Wildman–Crippen MR) is 69.2 cm³/mol. The molecule has 1 atom stereocenters. The van der Waals surface area contributed by atoms with Gasteiger partial charge < -0.3 is 11.1 Å². The van der Waals surface area contributed by atoms with E-state index in [1.165, 1.54) is 0 Å². The fourth-order valence-electron chi connectivity index (χ4n) is 1.95. The molecule has 0 saturated heterocycles. The van der Waals surface area contributed by atoms with Gasteiger partial charge in [-0.25, -0.2) is 0 Å². The molecule has 3 heteroatoms. The van der Waals surface area contributed by atoms with Crippen LogP contribution in [0.4, 0.5) is 0 Å². The van der Waals surface area contributed by atoms with Gasteiger partial charge in [-0.05, 0) is 19.3 Å². The summed E-state index contributed by atoms with van der Waals surface area (Å²) >= 11 is 0. The number of carbonyl (C=O) groups excluding carboxylic acids is 1. The van der Waals surface area contributed by atoms with Gasteiger partial charge in [-0.2, -0.15) is 0 Å². The molecule has 3 nitrogen and oxygen atoms in total. The maximum atomic E-state index is 11.9. The van der Waals surface area contributed by atoms with Crippen molar-refractivity contribution >= 4 is 5.91 Å². The predicted octanol–water partition coefficient (Wildman–Crippen LogP) is 2.45. The molecular formula is C13H28N2O. The Morgan fingerprint density at radius 3 is 2.00 bits per heavy atom. The van der Waals surface area contributed by atoms with Crippen molar-refractivity contribution in [2.75, 3.05) is 6.54 Å². The molecule has 0 bridgehead atoms. The van der Waals surface area contributed by atoms with E-state index in [0.29, 0.717) is 6.54 Å². The highest BCUT2D eigenvalue weighted by Crippen LogP contribution is 2.13. The lowest BCUT2D eigenvalue weighted by Gasteiger charge is -2.17. The summed E-state index contributed by atoms with van der Waals surface area (Å²) in [6, 6.07) is 0.109. The van der Waals surface area contributed by atoms with Crippen LogP contribution in [0.5, 0.6) is 0 Å². The summed E-state index contributed by atoms with van der Waals surface area (Å²) in [5.74, 6) is 0.374. The first-order valence-electron chi connectivity index (χ1n) is 6.68. The molecule has 1 amide bonds. The Labute approximate surface area is 100 Å². The Kier molecular flexibility index (Phi) is 9.30. The highest BCUT2D eigenvalue weighted by Gasteiger charge is 2.16. The monoisotopic (exact) mass is 228 g/mol. The smallest absolute Gasteiger partial charge is 0.223 e. The van der Waals surface area contributed by atoms with Crippen LogP contribution in [-0.4, -0.2) is 18.5 Å². The summed E-state index contributed by atoms with van der Waals surface area (Å²) in [5.41, 5.74) is 5.87. The SMILES string of the molecule is CCCC(N)CNC(=O)C(CCC)CCC. The minimum atomic E-state index is 0.109. The number of nitrogens with one attached hydrogen (secondary N) is 1. The molecule has 0 aromatic rings. The van der Waals surface area contributed by atoms with E-state index in [1.807, 2.05) is 0 Å². The molecule has 0 spiro atoms. The molecule has 0 aliphatic heterocycles. The van der Waals surface area contributed by atoms with Crippen LogP contribution in [-0.2, 0) is 4.79 Å². The fourth-order valence-corrected chi connectivity index (χ4v) is 1.95. The van der Waals surface area contributed by atoms with Crippen LogP contribution in [0.3, 0.4) is 0 Å². The zero-order valence-corrected chi connectivity index (χ0v) is 11.1. The molecule has 96 valence electrons. The van der Waals surface area contributed by atoms with Crippen LogP contribution in [0, 0.1) is 5.92 Å². The zero-order valence-electron chi connectivity index (χ0n) is 11.1. The number of rotatable bonds is 9. The summed E-state index contributed by atoms with van der Waals surface area (Å²) in [4.78, 5) is 11.9. The lowest BCUT2D eigenvalue weighted by Crippen LogP contribution is -2.40. The van der Waals surface area contributed by atoms with Crippen molar-refractivity contribution in [2.24, 2.45) is 11.7 Å². The van der Waals surface area contributed by atoms with Gasteiger partial charge in [0.25, 0.3) is 0 Å². The highest BCUT2D eigenvalue weighted by molar-refractivity contribution is 5.78. The first kappa shape index (κ1) is 15.4. The van der Waals surface area contributed by atoms with Crippen LogP contribution in [0.2, 0.25) is 0 Å². The lowest BCUT2D eigenvalue weighted by molar-refractivity contribution is -0.125. The van der Waals surface area contributed by atoms with Crippen LogP contribution >= 0.6 is 0 Å². The van der Waals surface area contributed by atoms with Gasteiger partial charge in [0.1, 0.15) is 0 Å². The Morgan fingerprint density at radius 1 is 1.06 bits per heavy atom. The van der Waals surface area contributed by atoms with Crippen LogP contribution in [0.25, 0.3) is 0 Å². The quantitative estimate of drug-likeness (QED) is 0.637. The number of nitrogens with two attached hydrogens (primary N) is 1. The van der Waals surface area contributed by atoms with Crippen molar-refractivity contribution < 1.29 is 4.79 Å². The topological polar surface area (TPSA) is 55.1 Å². The second-order valence-electron chi connectivity index (χ2n) is 4.57. The van der Waals surface area contributed by atoms with E-state index in [4.69, 9.17) is 5.73 Å². The van der Waals surface area contributed by atoms with E-state index >= 15 is 0 Å². The normalized spacial score (nSPS) is 12.8. The summed E-state index contributed by atoms with van der Waals surface area (Å²) < 4.78 is 0. The van der Waals surface area contributed by atoms with E-state index in [2.05, 4.69) is 26.1 Å². The molecule has 0 aliphatic carbocycles. The van der Waals surface area contributed by atoms with E-state index < -0.39 is 0 Å². The number of hydrogen-bond acceptors (Lipinski definition) is 2. The molecule has 1 unspecified atom stereocenters. The molecule has 0 aromatic carbocycles. The van der Waals surface area contributed by atoms with Crippen molar-refractivity contribution in [2.45, 2.75) is 65.3 Å². The Morgan fingerprint density at radius 2 is 1.56 bits per heavy atom. The Balaban J connectivity index is 3.90. The highest BCUT2D eigenvalue weighted by atomic mass is 16.1. The largest absolute Gasteiger partial charge is 0.354 e. The minimum absolute atomic E-state index is 0.109. The first-order valence-corrected chi connectivity index (χ1v) is 6.68. The van der Waals surface area contributed by atoms with Gasteiger partial charge in [-0.3, -0.25) is 4.79 Å². The van der Waals surface area contributed by atoms with Crippen molar-refractivity contribution in [1.82, 2.24) is 5.32 Å². The molecule has 16 heavy (non-hydrogen) atoms. The van der Waals surface area contributed by atoms with Gasteiger partial charge >= 0.3 is 0 Å². The molecule has 0 radical (unpaired) electrons. The van der Waals surface area contributed by atoms with E-state index in [1.54, 1.807) is 0 Å². The zero-order chi connectivity index (χ0) is 12.4. The summed E-state index contributed by atoms with van der Waals surface area (Å²) in [6.45, 7) is 6.98. The average molecular weight is 228 g/mol. The van der Waals surface area contributed by atoms with Gasteiger partial charge in [0.2, 0.25) is 5.91 Å². The van der Waals surface area contributed by atoms with Gasteiger partial charge in [-0.1, -0.05) is 40.0 Å². The van der Waals surface area contributed by atoms with E-state index in [0.717, 1.165) is 38.5 Å². The minimum Gasteiger partial charge on any atom is -0.354 e. The van der Waals surface area contributed by atoms with Crippen molar-refractivity contribution in [3.63, 3.8) is 0 Å². The molecule has 0 aliphatic rings. The second-order valence-corrected chi connectivity index (χ2v) is 4.57. The molecular weight excluding hydrogens is 200 g/mol. The molecule has 0 saturated carbocycles. The molecule has 0 aromatic heterocycles. The third-order valence-electron chi connectivity index (χ3n) is 2.84. The first-order chi connectivity index (χ1) is 7.65. The second kappa shape index (κ2) is 9.64. The summed E-state index contributed by atoms with van der Waals surface area (Å²) in [5, 5.41) is 2.97. The maximum absolute atomic E-state index is 11.9. The molecule has 0 heterocycles. The van der Waals surface area contributed by atoms with Crippen LogP contribution < -0.4 is 11.1 Å². The van der Waals surface area contributed by atoms with Gasteiger partial charge in [0, 0.05) is 18.5 Å². The maximum Gasteiger partial charge on any atom is 0.223 e. The molecule has 0 rings (SSSR count). The number of amides is 1. The van der Waals surface area contributed by atoms with Crippen molar-refractivity contribution in [1.29, 1.82) is 0 Å². The Bertz CT molecular complexity index is 177.